The smallest absolute Gasteiger partial charge is 0.257 e. The topological polar surface area (TPSA) is 55.2 Å². The van der Waals surface area contributed by atoms with Gasteiger partial charge in [0.2, 0.25) is 5.91 Å². The SMILES string of the molecule is Cc1nc2c(c(=O)n1C(c1ccccc1)c1ccccc1)CCN(C(=O)C1CCc3ccccc31)C2. The third kappa shape index (κ3) is 3.85. The lowest BCUT2D eigenvalue weighted by atomic mass is 9.96. The quantitative estimate of drug-likeness (QED) is 0.426. The summed E-state index contributed by atoms with van der Waals surface area (Å²) in [5, 5.41) is 0. The molecular formula is C31H29N3O2. The Balaban J connectivity index is 1.36. The summed E-state index contributed by atoms with van der Waals surface area (Å²) in [5.41, 5.74) is 5.98. The van der Waals surface area contributed by atoms with E-state index in [9.17, 15) is 9.59 Å². The molecule has 1 aromatic heterocycles. The maximum absolute atomic E-state index is 13.9. The minimum atomic E-state index is -0.257. The van der Waals surface area contributed by atoms with Crippen molar-refractivity contribution in [3.8, 4) is 0 Å². The van der Waals surface area contributed by atoms with E-state index in [1.165, 1.54) is 5.56 Å². The van der Waals surface area contributed by atoms with Crippen LogP contribution in [0.15, 0.2) is 89.7 Å². The lowest BCUT2D eigenvalue weighted by Gasteiger charge is -2.32. The van der Waals surface area contributed by atoms with Gasteiger partial charge in [0.1, 0.15) is 5.82 Å². The molecule has 2 aliphatic rings. The van der Waals surface area contributed by atoms with Crippen LogP contribution in [-0.2, 0) is 24.2 Å². The summed E-state index contributed by atoms with van der Waals surface area (Å²) in [6.45, 7) is 2.84. The summed E-state index contributed by atoms with van der Waals surface area (Å²) >= 11 is 0. The number of aromatic nitrogens is 2. The molecular weight excluding hydrogens is 446 g/mol. The van der Waals surface area contributed by atoms with Crippen LogP contribution in [0.1, 0.15) is 57.7 Å². The van der Waals surface area contributed by atoms with E-state index in [-0.39, 0.29) is 23.4 Å². The molecule has 0 N–H and O–H groups in total. The highest BCUT2D eigenvalue weighted by molar-refractivity contribution is 5.85. The van der Waals surface area contributed by atoms with Crippen molar-refractivity contribution >= 4 is 5.91 Å². The first-order valence-corrected chi connectivity index (χ1v) is 12.7. The Morgan fingerprint density at radius 3 is 2.22 bits per heavy atom. The fourth-order valence-electron chi connectivity index (χ4n) is 5.91. The zero-order valence-electron chi connectivity index (χ0n) is 20.4. The maximum Gasteiger partial charge on any atom is 0.257 e. The van der Waals surface area contributed by atoms with Gasteiger partial charge in [-0.25, -0.2) is 4.98 Å². The van der Waals surface area contributed by atoms with Gasteiger partial charge in [0, 0.05) is 12.1 Å². The number of carbonyl (C=O) groups is 1. The van der Waals surface area contributed by atoms with E-state index in [2.05, 4.69) is 36.4 Å². The van der Waals surface area contributed by atoms with E-state index in [1.807, 2.05) is 64.9 Å². The van der Waals surface area contributed by atoms with Crippen LogP contribution in [0, 0.1) is 6.92 Å². The molecule has 6 rings (SSSR count). The molecule has 0 spiro atoms. The predicted molar refractivity (Wildman–Crippen MR) is 140 cm³/mol. The molecule has 0 saturated carbocycles. The molecule has 3 aromatic carbocycles. The normalized spacial score (nSPS) is 16.6. The Labute approximate surface area is 211 Å². The highest BCUT2D eigenvalue weighted by Gasteiger charge is 2.34. The number of hydrogen-bond donors (Lipinski definition) is 0. The van der Waals surface area contributed by atoms with Gasteiger partial charge in [-0.05, 0) is 48.4 Å². The van der Waals surface area contributed by atoms with E-state index in [4.69, 9.17) is 4.98 Å². The summed E-state index contributed by atoms with van der Waals surface area (Å²) < 4.78 is 1.83. The van der Waals surface area contributed by atoms with Crippen LogP contribution >= 0.6 is 0 Å². The molecule has 0 radical (unpaired) electrons. The van der Waals surface area contributed by atoms with Crippen LogP contribution in [-0.4, -0.2) is 26.9 Å². The van der Waals surface area contributed by atoms with Crippen LogP contribution in [0.25, 0.3) is 0 Å². The first kappa shape index (κ1) is 22.5. The van der Waals surface area contributed by atoms with Gasteiger partial charge in [-0.3, -0.25) is 14.2 Å². The number of amides is 1. The molecule has 0 bridgehead atoms. The van der Waals surface area contributed by atoms with Crippen molar-refractivity contribution in [2.45, 2.75) is 44.7 Å². The van der Waals surface area contributed by atoms with Gasteiger partial charge in [-0.1, -0.05) is 84.9 Å². The van der Waals surface area contributed by atoms with Crippen molar-refractivity contribution in [2.24, 2.45) is 0 Å². The van der Waals surface area contributed by atoms with Crippen molar-refractivity contribution in [3.05, 3.63) is 135 Å². The van der Waals surface area contributed by atoms with Crippen LogP contribution < -0.4 is 5.56 Å². The first-order valence-electron chi connectivity index (χ1n) is 12.7. The predicted octanol–water partition coefficient (Wildman–Crippen LogP) is 4.80. The van der Waals surface area contributed by atoms with E-state index < -0.39 is 0 Å². The van der Waals surface area contributed by atoms with Crippen molar-refractivity contribution in [2.75, 3.05) is 6.54 Å². The molecule has 180 valence electrons. The molecule has 36 heavy (non-hydrogen) atoms. The summed E-state index contributed by atoms with van der Waals surface area (Å²) in [5.74, 6) is 0.724. The summed E-state index contributed by atoms with van der Waals surface area (Å²) in [6, 6.07) is 28.2. The molecule has 1 unspecified atom stereocenters. The Kier molecular flexibility index (Phi) is 5.76. The average molecular weight is 476 g/mol. The van der Waals surface area contributed by atoms with Gasteiger partial charge in [-0.15, -0.1) is 0 Å². The fourth-order valence-corrected chi connectivity index (χ4v) is 5.91. The van der Waals surface area contributed by atoms with Crippen LogP contribution in [0.3, 0.4) is 0 Å². The number of benzene rings is 3. The van der Waals surface area contributed by atoms with E-state index in [0.29, 0.717) is 25.3 Å². The number of aryl methyl sites for hydroxylation is 2. The minimum Gasteiger partial charge on any atom is -0.336 e. The minimum absolute atomic E-state index is 0.00600. The molecule has 0 fully saturated rings. The van der Waals surface area contributed by atoms with Crippen LogP contribution in [0.2, 0.25) is 0 Å². The molecule has 0 saturated heterocycles. The van der Waals surface area contributed by atoms with Gasteiger partial charge in [-0.2, -0.15) is 0 Å². The average Bonchev–Trinajstić information content (AvgIpc) is 3.35. The first-order chi connectivity index (χ1) is 17.6. The number of rotatable bonds is 4. The lowest BCUT2D eigenvalue weighted by Crippen LogP contribution is -2.43. The van der Waals surface area contributed by atoms with Crippen molar-refractivity contribution in [3.63, 3.8) is 0 Å². The number of carbonyl (C=O) groups excluding carboxylic acids is 1. The van der Waals surface area contributed by atoms with Crippen molar-refractivity contribution < 1.29 is 4.79 Å². The number of nitrogens with zero attached hydrogens (tertiary/aromatic N) is 3. The third-order valence-corrected chi connectivity index (χ3v) is 7.67. The summed E-state index contributed by atoms with van der Waals surface area (Å²) in [4.78, 5) is 34.3. The van der Waals surface area contributed by atoms with Gasteiger partial charge < -0.3 is 4.90 Å². The van der Waals surface area contributed by atoms with Crippen molar-refractivity contribution in [1.82, 2.24) is 14.5 Å². The molecule has 1 aliphatic carbocycles. The Bertz CT molecular complexity index is 1440. The van der Waals surface area contributed by atoms with Crippen LogP contribution in [0.5, 0.6) is 0 Å². The highest BCUT2D eigenvalue weighted by atomic mass is 16.2. The second-order valence-electron chi connectivity index (χ2n) is 9.78. The van der Waals surface area contributed by atoms with Gasteiger partial charge >= 0.3 is 0 Å². The molecule has 5 nitrogen and oxygen atoms in total. The summed E-state index contributed by atoms with van der Waals surface area (Å²) in [7, 11) is 0. The molecule has 1 atom stereocenters. The largest absolute Gasteiger partial charge is 0.336 e. The highest BCUT2D eigenvalue weighted by Crippen LogP contribution is 2.35. The monoisotopic (exact) mass is 475 g/mol. The van der Waals surface area contributed by atoms with Gasteiger partial charge in [0.15, 0.2) is 0 Å². The second kappa shape index (κ2) is 9.23. The Morgan fingerprint density at radius 2 is 1.53 bits per heavy atom. The third-order valence-electron chi connectivity index (χ3n) is 7.67. The molecule has 4 aromatic rings. The standard InChI is InChI=1S/C31H29N3O2/c1-21-32-28-20-33(30(35)26-17-16-22-10-8-9-15-25(22)26)19-18-27(28)31(36)34(21)29(23-11-4-2-5-12-23)24-13-6-3-7-14-24/h2-15,26,29H,16-20H2,1H3. The Morgan fingerprint density at radius 1 is 0.889 bits per heavy atom. The van der Waals surface area contributed by atoms with E-state index >= 15 is 0 Å². The van der Waals surface area contributed by atoms with Gasteiger partial charge in [0.25, 0.3) is 5.56 Å². The Hall–Kier alpha value is -3.99. The van der Waals surface area contributed by atoms with Crippen molar-refractivity contribution in [1.29, 1.82) is 0 Å². The zero-order chi connectivity index (χ0) is 24.6. The lowest BCUT2D eigenvalue weighted by molar-refractivity contribution is -0.133. The molecule has 5 heteroatoms. The van der Waals surface area contributed by atoms with Crippen LogP contribution in [0.4, 0.5) is 0 Å². The van der Waals surface area contributed by atoms with E-state index in [1.54, 1.807) is 0 Å². The molecule has 2 heterocycles. The number of fused-ring (bicyclic) bond motifs is 2. The molecule has 1 amide bonds. The molecule has 1 aliphatic heterocycles. The van der Waals surface area contributed by atoms with Gasteiger partial charge in [0.05, 0.1) is 24.2 Å². The zero-order valence-corrected chi connectivity index (χ0v) is 20.4. The maximum atomic E-state index is 13.9. The number of hydrogen-bond acceptors (Lipinski definition) is 3. The fraction of sp³-hybridized carbons (Fsp3) is 0.258. The second-order valence-corrected chi connectivity index (χ2v) is 9.78. The summed E-state index contributed by atoms with van der Waals surface area (Å²) in [6.07, 6.45) is 2.32. The van der Waals surface area contributed by atoms with E-state index in [0.717, 1.165) is 40.8 Å².